The molecular formula is C17H31N3O. The van der Waals surface area contributed by atoms with E-state index >= 15 is 0 Å². The number of pyridine rings is 1. The number of hydrogen-bond acceptors (Lipinski definition) is 4. The van der Waals surface area contributed by atoms with Crippen LogP contribution in [0.4, 0.5) is 0 Å². The summed E-state index contributed by atoms with van der Waals surface area (Å²) in [7, 11) is 1.75. The van der Waals surface area contributed by atoms with Crippen LogP contribution in [0.15, 0.2) is 24.4 Å². The Balaban J connectivity index is 3.10. The first-order chi connectivity index (χ1) is 10.2. The first kappa shape index (κ1) is 18.1. The van der Waals surface area contributed by atoms with Crippen LogP contribution >= 0.6 is 0 Å². The summed E-state index contributed by atoms with van der Waals surface area (Å²) in [4.78, 5) is 7.05. The highest BCUT2D eigenvalue weighted by molar-refractivity contribution is 5.12. The molecule has 2 N–H and O–H groups in total. The van der Waals surface area contributed by atoms with Gasteiger partial charge in [-0.05, 0) is 31.4 Å². The van der Waals surface area contributed by atoms with E-state index in [1.807, 2.05) is 18.3 Å². The molecule has 4 nitrogen and oxygen atoms in total. The monoisotopic (exact) mass is 293 g/mol. The molecule has 2 atom stereocenters. The Morgan fingerprint density at radius 2 is 1.90 bits per heavy atom. The number of ether oxygens (including phenoxy) is 1. The lowest BCUT2D eigenvalue weighted by Crippen LogP contribution is -2.47. The standard InChI is InChI=1S/C17H31N3O/c1-5-14(6-2)20(12-13-21-4)17(15(18)7-3)16-10-8-9-11-19-16/h8-11,14-15,17H,5-7,12-13,18H2,1-4H3. The van der Waals surface area contributed by atoms with E-state index in [0.29, 0.717) is 6.04 Å². The van der Waals surface area contributed by atoms with Crippen LogP contribution in [0.2, 0.25) is 0 Å². The topological polar surface area (TPSA) is 51.4 Å². The molecule has 0 aromatic carbocycles. The van der Waals surface area contributed by atoms with Gasteiger partial charge in [-0.25, -0.2) is 0 Å². The molecule has 0 fully saturated rings. The van der Waals surface area contributed by atoms with E-state index < -0.39 is 0 Å². The summed E-state index contributed by atoms with van der Waals surface area (Å²) in [6, 6.07) is 6.81. The minimum Gasteiger partial charge on any atom is -0.383 e. The fraction of sp³-hybridized carbons (Fsp3) is 0.706. The first-order valence-corrected chi connectivity index (χ1v) is 8.10. The minimum absolute atomic E-state index is 0.0809. The van der Waals surface area contributed by atoms with E-state index in [2.05, 4.69) is 36.7 Å². The minimum atomic E-state index is 0.0809. The molecule has 0 spiro atoms. The summed E-state index contributed by atoms with van der Waals surface area (Å²) in [5, 5.41) is 0. The van der Waals surface area contributed by atoms with Crippen molar-refractivity contribution in [3.63, 3.8) is 0 Å². The Hall–Kier alpha value is -0.970. The Bertz CT molecular complexity index is 368. The molecule has 2 unspecified atom stereocenters. The van der Waals surface area contributed by atoms with Crippen LogP contribution in [0.3, 0.4) is 0 Å². The van der Waals surface area contributed by atoms with E-state index in [9.17, 15) is 0 Å². The predicted molar refractivity (Wildman–Crippen MR) is 88.2 cm³/mol. The summed E-state index contributed by atoms with van der Waals surface area (Å²) >= 11 is 0. The molecule has 0 saturated heterocycles. The van der Waals surface area contributed by atoms with Crippen LogP contribution in [-0.2, 0) is 4.74 Å². The Labute approximate surface area is 129 Å². The number of nitrogens with two attached hydrogens (primary N) is 1. The molecule has 1 aromatic rings. The Morgan fingerprint density at radius 3 is 2.38 bits per heavy atom. The fourth-order valence-electron chi connectivity index (χ4n) is 2.91. The second-order valence-corrected chi connectivity index (χ2v) is 5.47. The molecule has 21 heavy (non-hydrogen) atoms. The largest absolute Gasteiger partial charge is 0.383 e. The van der Waals surface area contributed by atoms with Gasteiger partial charge < -0.3 is 10.5 Å². The van der Waals surface area contributed by atoms with E-state index in [-0.39, 0.29) is 12.1 Å². The molecule has 0 radical (unpaired) electrons. The van der Waals surface area contributed by atoms with Gasteiger partial charge in [0, 0.05) is 31.9 Å². The third kappa shape index (κ3) is 5.06. The average Bonchev–Trinajstić information content (AvgIpc) is 2.54. The molecule has 1 rings (SSSR count). The smallest absolute Gasteiger partial charge is 0.0676 e. The number of rotatable bonds is 10. The molecular weight excluding hydrogens is 262 g/mol. The zero-order valence-electron chi connectivity index (χ0n) is 14.0. The van der Waals surface area contributed by atoms with Gasteiger partial charge in [-0.3, -0.25) is 9.88 Å². The number of aromatic nitrogens is 1. The summed E-state index contributed by atoms with van der Waals surface area (Å²) in [6.45, 7) is 8.22. The lowest BCUT2D eigenvalue weighted by molar-refractivity contribution is 0.0654. The zero-order chi connectivity index (χ0) is 15.7. The van der Waals surface area contributed by atoms with Crippen molar-refractivity contribution in [1.82, 2.24) is 9.88 Å². The average molecular weight is 293 g/mol. The highest BCUT2D eigenvalue weighted by Gasteiger charge is 2.30. The zero-order valence-corrected chi connectivity index (χ0v) is 14.0. The normalized spacial score (nSPS) is 14.6. The maximum Gasteiger partial charge on any atom is 0.0676 e. The molecule has 4 heteroatoms. The third-order valence-corrected chi connectivity index (χ3v) is 4.19. The van der Waals surface area contributed by atoms with Crippen molar-refractivity contribution in [2.75, 3.05) is 20.3 Å². The fourth-order valence-corrected chi connectivity index (χ4v) is 2.91. The van der Waals surface area contributed by atoms with Crippen LogP contribution in [-0.4, -0.2) is 42.2 Å². The van der Waals surface area contributed by atoms with Crippen molar-refractivity contribution >= 4 is 0 Å². The van der Waals surface area contributed by atoms with Crippen molar-refractivity contribution in [3.05, 3.63) is 30.1 Å². The maximum atomic E-state index is 6.45. The SMILES string of the molecule is CCC(N)C(c1ccccn1)N(CCOC)C(CC)CC. The highest BCUT2D eigenvalue weighted by Crippen LogP contribution is 2.27. The van der Waals surface area contributed by atoms with Gasteiger partial charge in [-0.2, -0.15) is 0 Å². The molecule has 1 heterocycles. The van der Waals surface area contributed by atoms with E-state index in [0.717, 1.165) is 38.1 Å². The molecule has 0 aliphatic carbocycles. The van der Waals surface area contributed by atoms with Gasteiger partial charge in [0.15, 0.2) is 0 Å². The van der Waals surface area contributed by atoms with Gasteiger partial charge in [0.25, 0.3) is 0 Å². The van der Waals surface area contributed by atoms with Crippen molar-refractivity contribution in [3.8, 4) is 0 Å². The van der Waals surface area contributed by atoms with Crippen molar-refractivity contribution in [2.24, 2.45) is 5.73 Å². The third-order valence-electron chi connectivity index (χ3n) is 4.19. The molecule has 0 amide bonds. The van der Waals surface area contributed by atoms with Crippen LogP contribution < -0.4 is 5.73 Å². The van der Waals surface area contributed by atoms with Crippen molar-refractivity contribution in [2.45, 2.75) is 58.2 Å². The van der Waals surface area contributed by atoms with Gasteiger partial charge in [0.2, 0.25) is 0 Å². The van der Waals surface area contributed by atoms with Gasteiger partial charge in [-0.1, -0.05) is 26.8 Å². The van der Waals surface area contributed by atoms with E-state index in [4.69, 9.17) is 10.5 Å². The summed E-state index contributed by atoms with van der Waals surface area (Å²) in [6.07, 6.45) is 5.01. The van der Waals surface area contributed by atoms with E-state index in [1.54, 1.807) is 7.11 Å². The Kier molecular flexibility index (Phi) is 8.50. The van der Waals surface area contributed by atoms with E-state index in [1.165, 1.54) is 0 Å². The molecule has 0 saturated carbocycles. The highest BCUT2D eigenvalue weighted by atomic mass is 16.5. The van der Waals surface area contributed by atoms with Crippen LogP contribution in [0, 0.1) is 0 Å². The molecule has 0 bridgehead atoms. The quantitative estimate of drug-likeness (QED) is 0.720. The number of nitrogens with zero attached hydrogens (tertiary/aromatic N) is 2. The van der Waals surface area contributed by atoms with Gasteiger partial charge in [-0.15, -0.1) is 0 Å². The molecule has 1 aromatic heterocycles. The maximum absolute atomic E-state index is 6.45. The lowest BCUT2D eigenvalue weighted by atomic mass is 9.97. The Morgan fingerprint density at radius 1 is 1.19 bits per heavy atom. The number of hydrogen-bond donors (Lipinski definition) is 1. The summed E-state index contributed by atoms with van der Waals surface area (Å²) in [5.74, 6) is 0. The van der Waals surface area contributed by atoms with Crippen LogP contribution in [0.1, 0.15) is 51.8 Å². The van der Waals surface area contributed by atoms with Crippen molar-refractivity contribution < 1.29 is 4.74 Å². The van der Waals surface area contributed by atoms with Gasteiger partial charge >= 0.3 is 0 Å². The predicted octanol–water partition coefficient (Wildman–Crippen LogP) is 3.00. The summed E-state index contributed by atoms with van der Waals surface area (Å²) in [5.41, 5.74) is 7.51. The first-order valence-electron chi connectivity index (χ1n) is 8.10. The van der Waals surface area contributed by atoms with Gasteiger partial charge in [0.05, 0.1) is 18.3 Å². The van der Waals surface area contributed by atoms with Crippen LogP contribution in [0.5, 0.6) is 0 Å². The molecule has 0 aliphatic rings. The molecule has 120 valence electrons. The van der Waals surface area contributed by atoms with Crippen LogP contribution in [0.25, 0.3) is 0 Å². The second kappa shape index (κ2) is 9.87. The van der Waals surface area contributed by atoms with Crippen molar-refractivity contribution in [1.29, 1.82) is 0 Å². The lowest BCUT2D eigenvalue weighted by Gasteiger charge is -2.39. The molecule has 0 aliphatic heterocycles. The number of methoxy groups -OCH3 is 1. The van der Waals surface area contributed by atoms with Gasteiger partial charge in [0.1, 0.15) is 0 Å². The second-order valence-electron chi connectivity index (χ2n) is 5.47. The summed E-state index contributed by atoms with van der Waals surface area (Å²) < 4.78 is 5.31.